The molecule has 2 aliphatic heterocycles. The smallest absolute Gasteiger partial charge is 0.242 e. The summed E-state index contributed by atoms with van der Waals surface area (Å²) in [7, 11) is 4.79. The highest BCUT2D eigenvalue weighted by atomic mass is 16.5. The van der Waals surface area contributed by atoms with E-state index in [0.717, 1.165) is 24.0 Å². The molecule has 0 aliphatic carbocycles. The van der Waals surface area contributed by atoms with Crippen molar-refractivity contribution in [1.29, 1.82) is 0 Å². The Bertz CT molecular complexity index is 966. The maximum Gasteiger partial charge on any atom is 0.242 e. The maximum absolute atomic E-state index is 13.7. The van der Waals surface area contributed by atoms with Crippen LogP contribution in [0.2, 0.25) is 0 Å². The van der Waals surface area contributed by atoms with Gasteiger partial charge in [0, 0.05) is 45.6 Å². The molecule has 0 unspecified atom stereocenters. The second kappa shape index (κ2) is 9.24. The van der Waals surface area contributed by atoms with Gasteiger partial charge >= 0.3 is 0 Å². The van der Waals surface area contributed by atoms with Gasteiger partial charge in [-0.15, -0.1) is 0 Å². The number of methoxy groups -OCH3 is 2. The third kappa shape index (κ3) is 4.07. The molecule has 32 heavy (non-hydrogen) atoms. The van der Waals surface area contributed by atoms with E-state index in [1.807, 2.05) is 36.7 Å². The van der Waals surface area contributed by atoms with Crippen LogP contribution in [-0.4, -0.2) is 61.8 Å². The van der Waals surface area contributed by atoms with Crippen molar-refractivity contribution in [3.63, 3.8) is 0 Å². The number of nitrogens with zero attached hydrogens (tertiary/aromatic N) is 2. The van der Waals surface area contributed by atoms with Gasteiger partial charge in [0.1, 0.15) is 6.04 Å². The van der Waals surface area contributed by atoms with E-state index in [-0.39, 0.29) is 17.4 Å². The fourth-order valence-corrected chi connectivity index (χ4v) is 4.89. The van der Waals surface area contributed by atoms with Gasteiger partial charge in [0.05, 0.1) is 26.2 Å². The van der Waals surface area contributed by atoms with E-state index >= 15 is 0 Å². The van der Waals surface area contributed by atoms with E-state index in [9.17, 15) is 9.59 Å². The third-order valence-corrected chi connectivity index (χ3v) is 6.76. The number of aromatic nitrogens is 1. The molecule has 0 bridgehead atoms. The molecule has 0 radical (unpaired) electrons. The summed E-state index contributed by atoms with van der Waals surface area (Å²) in [6.07, 6.45) is 6.29. The number of ether oxygens (including phenoxy) is 3. The summed E-state index contributed by atoms with van der Waals surface area (Å²) in [4.78, 5) is 28.2. The van der Waals surface area contributed by atoms with Crippen LogP contribution in [0.1, 0.15) is 30.4 Å². The number of fused-ring (bicyclic) bond motifs is 1. The summed E-state index contributed by atoms with van der Waals surface area (Å²) in [5, 5.41) is 2.73. The zero-order valence-electron chi connectivity index (χ0n) is 18.9. The Balaban J connectivity index is 1.66. The summed E-state index contributed by atoms with van der Waals surface area (Å²) in [5.41, 5.74) is 1.62. The number of carbonyl (C=O) groups is 2. The number of hydrogen-bond donors (Lipinski definition) is 1. The number of hydrogen-bond acceptors (Lipinski definition) is 5. The lowest BCUT2D eigenvalue weighted by molar-refractivity contribution is -0.144. The Morgan fingerprint density at radius 2 is 1.72 bits per heavy atom. The summed E-state index contributed by atoms with van der Waals surface area (Å²) in [6.45, 7) is 1.58. The van der Waals surface area contributed by atoms with Crippen LogP contribution < -0.4 is 14.8 Å². The van der Waals surface area contributed by atoms with Gasteiger partial charge in [0.25, 0.3) is 0 Å². The molecule has 1 aromatic heterocycles. The fourth-order valence-electron chi connectivity index (χ4n) is 4.89. The molecule has 2 aromatic rings. The lowest BCUT2D eigenvalue weighted by Gasteiger charge is -2.42. The molecule has 1 atom stereocenters. The van der Waals surface area contributed by atoms with Crippen molar-refractivity contribution >= 4 is 11.8 Å². The predicted molar refractivity (Wildman–Crippen MR) is 119 cm³/mol. The zero-order valence-corrected chi connectivity index (χ0v) is 18.9. The standard InChI is InChI=1S/C24H31N3O5/c1-25-23(29)19-12-17-13-20(30-2)21(31-3)14-18(17)16-27(19)22(28)15-24(6-10-32-11-7-24)26-8-4-5-9-26/h4-5,8-9,13-14,19H,6-7,10-12,15-16H2,1-3H3,(H,25,29)/t19-/m0/s1. The highest BCUT2D eigenvalue weighted by Gasteiger charge is 2.41. The number of carbonyl (C=O) groups excluding carboxylic acids is 2. The van der Waals surface area contributed by atoms with Crippen LogP contribution in [0, 0.1) is 0 Å². The lowest BCUT2D eigenvalue weighted by atomic mass is 9.84. The zero-order chi connectivity index (χ0) is 22.7. The molecular weight excluding hydrogens is 410 g/mol. The van der Waals surface area contributed by atoms with Crippen LogP contribution in [0.15, 0.2) is 36.7 Å². The van der Waals surface area contributed by atoms with Gasteiger partial charge in [-0.2, -0.15) is 0 Å². The lowest BCUT2D eigenvalue weighted by Crippen LogP contribution is -2.54. The van der Waals surface area contributed by atoms with Crippen LogP contribution in [-0.2, 0) is 32.8 Å². The van der Waals surface area contributed by atoms with Crippen molar-refractivity contribution in [3.05, 3.63) is 47.8 Å². The molecule has 1 saturated heterocycles. The van der Waals surface area contributed by atoms with Gasteiger partial charge in [-0.3, -0.25) is 9.59 Å². The molecule has 0 spiro atoms. The molecule has 4 rings (SSSR count). The summed E-state index contributed by atoms with van der Waals surface area (Å²) >= 11 is 0. The average molecular weight is 442 g/mol. The molecule has 0 saturated carbocycles. The Morgan fingerprint density at radius 1 is 1.09 bits per heavy atom. The monoisotopic (exact) mass is 441 g/mol. The fraction of sp³-hybridized carbons (Fsp3) is 0.500. The van der Waals surface area contributed by atoms with Gasteiger partial charge < -0.3 is 29.0 Å². The first kappa shape index (κ1) is 22.2. The Hall–Kier alpha value is -3.00. The molecule has 8 nitrogen and oxygen atoms in total. The van der Waals surface area contributed by atoms with Crippen LogP contribution in [0.3, 0.4) is 0 Å². The van der Waals surface area contributed by atoms with E-state index in [1.165, 1.54) is 0 Å². The van der Waals surface area contributed by atoms with Crippen molar-refractivity contribution in [2.24, 2.45) is 0 Å². The quantitative estimate of drug-likeness (QED) is 0.743. The largest absolute Gasteiger partial charge is 0.493 e. The molecule has 1 fully saturated rings. The van der Waals surface area contributed by atoms with Crippen molar-refractivity contribution in [2.45, 2.75) is 43.8 Å². The van der Waals surface area contributed by atoms with E-state index in [2.05, 4.69) is 9.88 Å². The Morgan fingerprint density at radius 3 is 2.31 bits per heavy atom. The van der Waals surface area contributed by atoms with E-state index < -0.39 is 6.04 Å². The van der Waals surface area contributed by atoms with Crippen molar-refractivity contribution in [2.75, 3.05) is 34.5 Å². The summed E-state index contributed by atoms with van der Waals surface area (Å²) in [6, 6.07) is 7.20. The predicted octanol–water partition coefficient (Wildman–Crippen LogP) is 2.10. The minimum Gasteiger partial charge on any atom is -0.493 e. The first-order valence-corrected chi connectivity index (χ1v) is 11.0. The molecule has 8 heteroatoms. The van der Waals surface area contributed by atoms with Crippen molar-refractivity contribution in [1.82, 2.24) is 14.8 Å². The molecule has 1 aromatic carbocycles. The van der Waals surface area contributed by atoms with Crippen molar-refractivity contribution in [3.8, 4) is 11.5 Å². The van der Waals surface area contributed by atoms with Crippen molar-refractivity contribution < 1.29 is 23.8 Å². The van der Waals surface area contributed by atoms with Crippen LogP contribution >= 0.6 is 0 Å². The molecule has 2 aliphatic rings. The SMILES string of the molecule is CNC(=O)[C@@H]1Cc2cc(OC)c(OC)cc2CN1C(=O)CC1(n2cccc2)CCOCC1. The molecule has 3 heterocycles. The highest BCUT2D eigenvalue weighted by Crippen LogP contribution is 2.37. The van der Waals surface area contributed by atoms with Gasteiger partial charge in [0.2, 0.25) is 11.8 Å². The summed E-state index contributed by atoms with van der Waals surface area (Å²) in [5.74, 6) is 1.04. The average Bonchev–Trinajstić information content (AvgIpc) is 3.38. The van der Waals surface area contributed by atoms with E-state index in [1.54, 1.807) is 26.2 Å². The molecule has 2 amide bonds. The second-order valence-electron chi connectivity index (χ2n) is 8.44. The first-order valence-electron chi connectivity index (χ1n) is 11.0. The number of amides is 2. The highest BCUT2D eigenvalue weighted by molar-refractivity contribution is 5.88. The number of benzene rings is 1. The third-order valence-electron chi connectivity index (χ3n) is 6.76. The number of nitrogens with one attached hydrogen (secondary N) is 1. The maximum atomic E-state index is 13.7. The summed E-state index contributed by atoms with van der Waals surface area (Å²) < 4.78 is 18.6. The first-order chi connectivity index (χ1) is 15.5. The molecule has 1 N–H and O–H groups in total. The van der Waals surface area contributed by atoms with Gasteiger partial charge in [-0.05, 0) is 48.2 Å². The Labute approximate surface area is 188 Å². The van der Waals surface area contributed by atoms with E-state index in [0.29, 0.717) is 44.1 Å². The van der Waals surface area contributed by atoms with Gasteiger partial charge in [0.15, 0.2) is 11.5 Å². The molecular formula is C24H31N3O5. The Kier molecular flexibility index (Phi) is 6.41. The normalized spacial score (nSPS) is 19.7. The van der Waals surface area contributed by atoms with E-state index in [4.69, 9.17) is 14.2 Å². The van der Waals surface area contributed by atoms with Gasteiger partial charge in [-0.25, -0.2) is 0 Å². The number of rotatable bonds is 6. The second-order valence-corrected chi connectivity index (χ2v) is 8.44. The topological polar surface area (TPSA) is 82.0 Å². The number of likely N-dealkylation sites (N-methyl/N-ethyl adjacent to an activating group) is 1. The van der Waals surface area contributed by atoms with Crippen LogP contribution in [0.4, 0.5) is 0 Å². The van der Waals surface area contributed by atoms with Gasteiger partial charge in [-0.1, -0.05) is 0 Å². The molecule has 172 valence electrons. The van der Waals surface area contributed by atoms with Crippen LogP contribution in [0.5, 0.6) is 11.5 Å². The van der Waals surface area contributed by atoms with Crippen LogP contribution in [0.25, 0.3) is 0 Å². The minimum atomic E-state index is -0.570. The minimum absolute atomic E-state index is 0.0327.